The number of ether oxygens (including phenoxy) is 2. The lowest BCUT2D eigenvalue weighted by Crippen LogP contribution is -2.64. The van der Waals surface area contributed by atoms with Crippen LogP contribution in [-0.4, -0.2) is 76.8 Å². The summed E-state index contributed by atoms with van der Waals surface area (Å²) in [5, 5.41) is 29.7. The van der Waals surface area contributed by atoms with E-state index in [9.17, 15) is 15.3 Å². The van der Waals surface area contributed by atoms with Crippen molar-refractivity contribution in [2.24, 2.45) is 22.9 Å². The Hall–Kier alpha value is -0.360. The van der Waals surface area contributed by atoms with Crippen LogP contribution in [0, 0.1) is 0 Å². The lowest BCUT2D eigenvalue weighted by molar-refractivity contribution is -0.268. The SMILES string of the molecule is NC[C@@H]1O[C@H](O[C@H]2[C@@H](O)[C@@H](O)[C@H](N)C[C@H]2N)[C@H](N)C[C@@H]1O. The Bertz CT molecular complexity index is 350. The van der Waals surface area contributed by atoms with Gasteiger partial charge in [0.1, 0.15) is 12.2 Å². The fraction of sp³-hybridized carbons (Fsp3) is 1.00. The second kappa shape index (κ2) is 6.82. The van der Waals surface area contributed by atoms with Gasteiger partial charge in [-0.1, -0.05) is 0 Å². The highest BCUT2D eigenvalue weighted by molar-refractivity contribution is 4.98. The molecule has 2 rings (SSSR count). The normalized spacial score (nSPS) is 51.9. The molecule has 1 heterocycles. The minimum atomic E-state index is -1.22. The average molecular weight is 306 g/mol. The van der Waals surface area contributed by atoms with Crippen molar-refractivity contribution in [3.8, 4) is 0 Å². The third kappa shape index (κ3) is 3.52. The van der Waals surface area contributed by atoms with Crippen molar-refractivity contribution in [2.45, 2.75) is 67.8 Å². The summed E-state index contributed by atoms with van der Waals surface area (Å²) in [7, 11) is 0. The zero-order valence-corrected chi connectivity index (χ0v) is 11.8. The molecule has 0 unspecified atom stereocenters. The quantitative estimate of drug-likeness (QED) is 0.272. The van der Waals surface area contributed by atoms with Gasteiger partial charge in [-0.2, -0.15) is 0 Å². The van der Waals surface area contributed by atoms with E-state index in [1.165, 1.54) is 0 Å². The molecule has 0 aromatic carbocycles. The first-order valence-electron chi connectivity index (χ1n) is 7.17. The summed E-state index contributed by atoms with van der Waals surface area (Å²) in [6.45, 7) is 0.126. The van der Waals surface area contributed by atoms with E-state index < -0.39 is 54.9 Å². The molecule has 124 valence electrons. The van der Waals surface area contributed by atoms with Crippen LogP contribution in [0.25, 0.3) is 0 Å². The van der Waals surface area contributed by atoms with E-state index in [4.69, 9.17) is 32.4 Å². The van der Waals surface area contributed by atoms with Crippen LogP contribution in [0.1, 0.15) is 12.8 Å². The number of aliphatic hydroxyl groups is 3. The minimum Gasteiger partial charge on any atom is -0.390 e. The molecule has 11 N–H and O–H groups in total. The van der Waals surface area contributed by atoms with Crippen LogP contribution in [0.4, 0.5) is 0 Å². The molecule has 9 atom stereocenters. The lowest BCUT2D eigenvalue weighted by Gasteiger charge is -2.44. The maximum atomic E-state index is 10.1. The van der Waals surface area contributed by atoms with Crippen molar-refractivity contribution in [3.63, 3.8) is 0 Å². The highest BCUT2D eigenvalue weighted by Gasteiger charge is 2.45. The lowest BCUT2D eigenvalue weighted by atomic mass is 9.84. The molecule has 2 aliphatic rings. The van der Waals surface area contributed by atoms with Crippen molar-refractivity contribution >= 4 is 0 Å². The largest absolute Gasteiger partial charge is 0.390 e. The molecule has 0 spiro atoms. The van der Waals surface area contributed by atoms with Crippen molar-refractivity contribution in [2.75, 3.05) is 6.54 Å². The van der Waals surface area contributed by atoms with E-state index in [0.29, 0.717) is 6.42 Å². The van der Waals surface area contributed by atoms with Gasteiger partial charge in [-0.15, -0.1) is 0 Å². The number of nitrogens with two attached hydrogens (primary N) is 4. The number of hydrogen-bond acceptors (Lipinski definition) is 9. The maximum absolute atomic E-state index is 10.1. The predicted octanol–water partition coefficient (Wildman–Crippen LogP) is -4.09. The van der Waals surface area contributed by atoms with Crippen LogP contribution in [0.3, 0.4) is 0 Å². The van der Waals surface area contributed by atoms with Crippen molar-refractivity contribution in [1.82, 2.24) is 0 Å². The van der Waals surface area contributed by atoms with E-state index in [0.717, 1.165) is 0 Å². The van der Waals surface area contributed by atoms with E-state index in [-0.39, 0.29) is 13.0 Å². The van der Waals surface area contributed by atoms with E-state index in [1.807, 2.05) is 0 Å². The smallest absolute Gasteiger partial charge is 0.173 e. The third-order valence-corrected chi connectivity index (χ3v) is 4.22. The highest BCUT2D eigenvalue weighted by atomic mass is 16.7. The van der Waals surface area contributed by atoms with Crippen molar-refractivity contribution < 1.29 is 24.8 Å². The Morgan fingerprint density at radius 3 is 2.24 bits per heavy atom. The average Bonchev–Trinajstić information content (AvgIpc) is 2.43. The molecule has 0 bridgehead atoms. The summed E-state index contributed by atoms with van der Waals surface area (Å²) >= 11 is 0. The van der Waals surface area contributed by atoms with Crippen LogP contribution in [0.15, 0.2) is 0 Å². The molecule has 1 saturated carbocycles. The first-order valence-corrected chi connectivity index (χ1v) is 7.17. The zero-order chi connectivity index (χ0) is 15.7. The molecule has 1 saturated heterocycles. The predicted molar refractivity (Wildman–Crippen MR) is 73.8 cm³/mol. The van der Waals surface area contributed by atoms with Gasteiger partial charge in [0.15, 0.2) is 6.29 Å². The standard InChI is InChI=1S/C12H26N4O5/c13-3-8-7(17)2-6(16)12(20-8)21-11-5(15)1-4(14)9(18)10(11)19/h4-12,17-19H,1-3,13-16H2/t4-,5-,6-,7+,8+,9+,10+,11-,12-/m1/s1. The molecule has 1 aliphatic carbocycles. The number of aliphatic hydroxyl groups excluding tert-OH is 3. The van der Waals surface area contributed by atoms with Crippen LogP contribution in [0.5, 0.6) is 0 Å². The monoisotopic (exact) mass is 306 g/mol. The molecule has 1 aliphatic heterocycles. The van der Waals surface area contributed by atoms with Crippen LogP contribution in [0.2, 0.25) is 0 Å². The summed E-state index contributed by atoms with van der Waals surface area (Å²) in [4.78, 5) is 0. The maximum Gasteiger partial charge on any atom is 0.173 e. The van der Waals surface area contributed by atoms with E-state index in [1.54, 1.807) is 0 Å². The summed E-state index contributed by atoms with van der Waals surface area (Å²) in [5.41, 5.74) is 23.0. The molecule has 0 aromatic heterocycles. The molecule has 0 radical (unpaired) electrons. The van der Waals surface area contributed by atoms with Gasteiger partial charge in [0.05, 0.1) is 24.4 Å². The van der Waals surface area contributed by atoms with Gasteiger partial charge < -0.3 is 47.7 Å². The number of hydrogen-bond donors (Lipinski definition) is 7. The Kier molecular flexibility index (Phi) is 5.52. The van der Waals surface area contributed by atoms with Crippen LogP contribution >= 0.6 is 0 Å². The van der Waals surface area contributed by atoms with Gasteiger partial charge in [0.25, 0.3) is 0 Å². The molecular formula is C12H26N4O5. The summed E-state index contributed by atoms with van der Waals surface area (Å²) < 4.78 is 11.2. The van der Waals surface area contributed by atoms with Gasteiger partial charge in [0, 0.05) is 18.6 Å². The third-order valence-electron chi connectivity index (χ3n) is 4.22. The van der Waals surface area contributed by atoms with Crippen molar-refractivity contribution in [1.29, 1.82) is 0 Å². The molecule has 21 heavy (non-hydrogen) atoms. The Morgan fingerprint density at radius 2 is 1.62 bits per heavy atom. The van der Waals surface area contributed by atoms with Crippen molar-refractivity contribution in [3.05, 3.63) is 0 Å². The Balaban J connectivity index is 2.02. The fourth-order valence-electron chi connectivity index (χ4n) is 2.88. The Morgan fingerprint density at radius 1 is 0.952 bits per heavy atom. The molecule has 9 heteroatoms. The molecule has 0 aromatic rings. The first kappa shape index (κ1) is 17.0. The Labute approximate surface area is 123 Å². The molecular weight excluding hydrogens is 280 g/mol. The zero-order valence-electron chi connectivity index (χ0n) is 11.8. The van der Waals surface area contributed by atoms with E-state index >= 15 is 0 Å². The summed E-state index contributed by atoms with van der Waals surface area (Å²) in [6.07, 6.45) is -4.79. The fourth-order valence-corrected chi connectivity index (χ4v) is 2.88. The summed E-state index contributed by atoms with van der Waals surface area (Å²) in [5.74, 6) is 0. The number of rotatable bonds is 3. The molecule has 9 nitrogen and oxygen atoms in total. The van der Waals surface area contributed by atoms with Gasteiger partial charge >= 0.3 is 0 Å². The van der Waals surface area contributed by atoms with Crippen LogP contribution in [-0.2, 0) is 9.47 Å². The van der Waals surface area contributed by atoms with Gasteiger partial charge in [-0.3, -0.25) is 0 Å². The van der Waals surface area contributed by atoms with E-state index in [2.05, 4.69) is 0 Å². The first-order chi connectivity index (χ1) is 9.85. The molecule has 2 fully saturated rings. The van der Waals surface area contributed by atoms with Gasteiger partial charge in [-0.25, -0.2) is 0 Å². The van der Waals surface area contributed by atoms with Gasteiger partial charge in [-0.05, 0) is 12.8 Å². The second-order valence-electron chi connectivity index (χ2n) is 5.89. The topological polar surface area (TPSA) is 183 Å². The van der Waals surface area contributed by atoms with Gasteiger partial charge in [0.2, 0.25) is 0 Å². The highest BCUT2D eigenvalue weighted by Crippen LogP contribution is 2.26. The molecule has 0 amide bonds. The second-order valence-corrected chi connectivity index (χ2v) is 5.89. The minimum absolute atomic E-state index is 0.126. The van der Waals surface area contributed by atoms with Crippen LogP contribution < -0.4 is 22.9 Å². The summed E-state index contributed by atoms with van der Waals surface area (Å²) in [6, 6.07) is -1.72.